The van der Waals surface area contributed by atoms with Gasteiger partial charge < -0.3 is 24.2 Å². The molecule has 0 unspecified atom stereocenters. The number of β-lactam (4-membered cyclic amide) rings is 1. The Balaban J connectivity index is 1.59. The maximum absolute atomic E-state index is 12.8. The van der Waals surface area contributed by atoms with Crippen LogP contribution >= 0.6 is 12.0 Å². The molecule has 3 rings (SSSR count). The number of rotatable bonds is 10. The highest BCUT2D eigenvalue weighted by Crippen LogP contribution is 2.33. The fourth-order valence-electron chi connectivity index (χ4n) is 3.25. The van der Waals surface area contributed by atoms with Crippen molar-refractivity contribution in [3.8, 4) is 5.75 Å². The smallest absolute Gasteiger partial charge is 0.333 e. The predicted octanol–water partition coefficient (Wildman–Crippen LogP) is 2.61. The second kappa shape index (κ2) is 10.8. The van der Waals surface area contributed by atoms with Gasteiger partial charge in [0.25, 0.3) is 5.91 Å². The van der Waals surface area contributed by atoms with Crippen molar-refractivity contribution in [1.82, 2.24) is 10.2 Å². The van der Waals surface area contributed by atoms with Gasteiger partial charge in [0.15, 0.2) is 12.6 Å². The zero-order chi connectivity index (χ0) is 23.1. The molecule has 2 aromatic rings. The molecule has 1 fully saturated rings. The van der Waals surface area contributed by atoms with E-state index in [0.29, 0.717) is 23.4 Å². The molecule has 1 saturated heterocycles. The highest BCUT2D eigenvalue weighted by atomic mass is 32.2. The van der Waals surface area contributed by atoms with Crippen LogP contribution in [-0.4, -0.2) is 51.3 Å². The molecule has 0 spiro atoms. The van der Waals surface area contributed by atoms with Crippen molar-refractivity contribution in [2.75, 3.05) is 6.61 Å². The highest BCUT2D eigenvalue weighted by Gasteiger charge is 2.54. The quantitative estimate of drug-likeness (QED) is 0.245. The molecular weight excluding hydrogens is 432 g/mol. The maximum atomic E-state index is 12.8. The van der Waals surface area contributed by atoms with Crippen molar-refractivity contribution < 1.29 is 28.4 Å². The summed E-state index contributed by atoms with van der Waals surface area (Å²) in [5.74, 6) is -1.19. The zero-order valence-electron chi connectivity index (χ0n) is 17.5. The van der Waals surface area contributed by atoms with Crippen LogP contribution in [0.5, 0.6) is 5.75 Å². The number of ether oxygens (including phenoxy) is 2. The monoisotopic (exact) mass is 456 g/mol. The average molecular weight is 457 g/mol. The van der Waals surface area contributed by atoms with Gasteiger partial charge in [-0.3, -0.25) is 9.59 Å². The lowest BCUT2D eigenvalue weighted by Crippen LogP contribution is -2.73. The van der Waals surface area contributed by atoms with Gasteiger partial charge >= 0.3 is 5.97 Å². The highest BCUT2D eigenvalue weighted by molar-refractivity contribution is 7.94. The van der Waals surface area contributed by atoms with E-state index in [-0.39, 0.29) is 13.2 Å². The zero-order valence-corrected chi connectivity index (χ0v) is 18.3. The molecule has 32 heavy (non-hydrogen) atoms. The molecule has 0 aliphatic carbocycles. The van der Waals surface area contributed by atoms with Crippen molar-refractivity contribution in [1.29, 1.82) is 0 Å². The van der Waals surface area contributed by atoms with Crippen LogP contribution in [0.2, 0.25) is 0 Å². The second-order valence-corrected chi connectivity index (χ2v) is 7.92. The Morgan fingerprint density at radius 1 is 1.16 bits per heavy atom. The number of nitrogens with one attached hydrogen (secondary N) is 1. The van der Waals surface area contributed by atoms with Crippen LogP contribution in [-0.2, 0) is 25.7 Å². The summed E-state index contributed by atoms with van der Waals surface area (Å²) in [6.07, 6.45) is 0. The predicted molar refractivity (Wildman–Crippen MR) is 120 cm³/mol. The van der Waals surface area contributed by atoms with E-state index in [2.05, 4.69) is 11.9 Å². The van der Waals surface area contributed by atoms with E-state index in [1.54, 1.807) is 31.2 Å². The summed E-state index contributed by atoms with van der Waals surface area (Å²) < 4.78 is 20.5. The van der Waals surface area contributed by atoms with E-state index < -0.39 is 35.2 Å². The standard InChI is InChI=1S/C23H24N2O6S/c1-15(2)20(23(28)31-13-16-9-5-3-6-10-16)25-21(27)19(22(25)32-29)24-18(26)14-30-17-11-7-4-8-12-17/h3-12,19-20,22,29H,1,13-14H2,2H3,(H,24,26)/t19-,20+,22-/m0/s1. The van der Waals surface area contributed by atoms with Crippen LogP contribution in [0, 0.1) is 0 Å². The lowest BCUT2D eigenvalue weighted by molar-refractivity contribution is -0.163. The molecule has 0 bridgehead atoms. The number of hydrogen-bond acceptors (Lipinski definition) is 7. The minimum absolute atomic E-state index is 0.0411. The molecule has 2 aromatic carbocycles. The van der Waals surface area contributed by atoms with Crippen molar-refractivity contribution in [2.45, 2.75) is 31.0 Å². The molecule has 8 nitrogen and oxygen atoms in total. The molecule has 1 aliphatic rings. The van der Waals surface area contributed by atoms with E-state index in [0.717, 1.165) is 5.56 Å². The molecular formula is C23H24N2O6S. The molecule has 0 saturated carbocycles. The summed E-state index contributed by atoms with van der Waals surface area (Å²) in [7, 11) is 0. The second-order valence-electron chi connectivity index (χ2n) is 7.23. The Hall–Kier alpha value is -3.30. The summed E-state index contributed by atoms with van der Waals surface area (Å²) in [4.78, 5) is 38.9. The normalized spacial score (nSPS) is 18.3. The first-order valence-corrected chi connectivity index (χ1v) is 10.7. The van der Waals surface area contributed by atoms with Gasteiger partial charge in [0.2, 0.25) is 5.91 Å². The van der Waals surface area contributed by atoms with E-state index >= 15 is 0 Å². The lowest BCUT2D eigenvalue weighted by Gasteiger charge is -2.48. The van der Waals surface area contributed by atoms with Crippen LogP contribution in [0.25, 0.3) is 0 Å². The van der Waals surface area contributed by atoms with Gasteiger partial charge in [-0.05, 0) is 30.2 Å². The minimum atomic E-state index is -1.08. The largest absolute Gasteiger partial charge is 0.484 e. The first-order valence-electron chi connectivity index (χ1n) is 9.88. The molecule has 1 aliphatic heterocycles. The van der Waals surface area contributed by atoms with Crippen LogP contribution in [0.3, 0.4) is 0 Å². The van der Waals surface area contributed by atoms with Crippen molar-refractivity contribution in [3.05, 3.63) is 78.4 Å². The molecule has 3 atom stereocenters. The third-order valence-corrected chi connectivity index (χ3v) is 5.52. The number of likely N-dealkylation sites (tertiary alicyclic amines) is 1. The number of nitrogens with zero attached hydrogens (tertiary/aromatic N) is 1. The number of para-hydroxylation sites is 1. The van der Waals surface area contributed by atoms with Gasteiger partial charge in [0.1, 0.15) is 23.8 Å². The van der Waals surface area contributed by atoms with Gasteiger partial charge in [-0.1, -0.05) is 55.1 Å². The Kier molecular flexibility index (Phi) is 7.91. The topological polar surface area (TPSA) is 105 Å². The first-order chi connectivity index (χ1) is 15.4. The summed E-state index contributed by atoms with van der Waals surface area (Å²) in [6.45, 7) is 5.14. The minimum Gasteiger partial charge on any atom is -0.484 e. The summed E-state index contributed by atoms with van der Waals surface area (Å²) in [5.41, 5.74) is 1.18. The molecule has 0 radical (unpaired) electrons. The van der Waals surface area contributed by atoms with E-state index in [1.165, 1.54) is 4.90 Å². The summed E-state index contributed by atoms with van der Waals surface area (Å²) >= 11 is 0.366. The lowest BCUT2D eigenvalue weighted by atomic mass is 9.99. The third kappa shape index (κ3) is 5.49. The SMILES string of the molecule is C=C(C)[C@H](C(=O)OCc1ccccc1)N1C(=O)[C@H](NC(=O)COc2ccccc2)[C@@H]1SO. The molecule has 1 heterocycles. The summed E-state index contributed by atoms with van der Waals surface area (Å²) in [6, 6.07) is 15.8. The van der Waals surface area contributed by atoms with Crippen LogP contribution in [0.1, 0.15) is 12.5 Å². The fourth-order valence-corrected chi connectivity index (χ4v) is 3.88. The maximum Gasteiger partial charge on any atom is 0.333 e. The summed E-state index contributed by atoms with van der Waals surface area (Å²) in [5, 5.41) is 1.67. The van der Waals surface area contributed by atoms with Gasteiger partial charge in [-0.15, -0.1) is 0 Å². The Bertz CT molecular complexity index is 969. The Morgan fingerprint density at radius 2 is 1.78 bits per heavy atom. The molecule has 168 valence electrons. The molecule has 0 aromatic heterocycles. The van der Waals surface area contributed by atoms with Crippen LogP contribution < -0.4 is 10.1 Å². The van der Waals surface area contributed by atoms with Gasteiger partial charge in [-0.2, -0.15) is 0 Å². The number of esters is 1. The first kappa shape index (κ1) is 23.4. The van der Waals surface area contributed by atoms with Gasteiger partial charge in [-0.25, -0.2) is 4.79 Å². The fraction of sp³-hybridized carbons (Fsp3) is 0.261. The van der Waals surface area contributed by atoms with E-state index in [1.807, 2.05) is 36.4 Å². The van der Waals surface area contributed by atoms with E-state index in [4.69, 9.17) is 9.47 Å². The number of carbonyl (C=O) groups is 3. The Morgan fingerprint density at radius 3 is 2.38 bits per heavy atom. The molecule has 9 heteroatoms. The van der Waals surface area contributed by atoms with Crippen molar-refractivity contribution >= 4 is 29.8 Å². The molecule has 2 amide bonds. The van der Waals surface area contributed by atoms with Gasteiger partial charge in [0.05, 0.1) is 0 Å². The Labute approximate surface area is 190 Å². The van der Waals surface area contributed by atoms with Crippen molar-refractivity contribution in [3.63, 3.8) is 0 Å². The van der Waals surface area contributed by atoms with Crippen LogP contribution in [0.15, 0.2) is 72.8 Å². The van der Waals surface area contributed by atoms with Crippen LogP contribution in [0.4, 0.5) is 0 Å². The number of hydrogen-bond donors (Lipinski definition) is 2. The third-order valence-electron chi connectivity index (χ3n) is 4.81. The number of benzene rings is 2. The van der Waals surface area contributed by atoms with E-state index in [9.17, 15) is 18.9 Å². The number of carbonyl (C=O) groups excluding carboxylic acids is 3. The number of amides is 2. The van der Waals surface area contributed by atoms with Gasteiger partial charge in [0, 0.05) is 12.0 Å². The molecule has 2 N–H and O–H groups in total. The average Bonchev–Trinajstić information content (AvgIpc) is 2.81. The van der Waals surface area contributed by atoms with Crippen molar-refractivity contribution in [2.24, 2.45) is 0 Å².